The molecule has 1 aliphatic heterocycles. The minimum Gasteiger partial charge on any atom is -0.352 e. The number of likely N-dealkylation sites (tertiary alicyclic amines) is 1. The van der Waals surface area contributed by atoms with Crippen molar-refractivity contribution in [1.82, 2.24) is 10.2 Å². The average Bonchev–Trinajstić information content (AvgIpc) is 2.79. The molecule has 5 heteroatoms. The maximum absolute atomic E-state index is 13.0. The number of hydrogen-bond donors (Lipinski definition) is 1. The summed E-state index contributed by atoms with van der Waals surface area (Å²) in [4.78, 5) is 27.5. The van der Waals surface area contributed by atoms with Gasteiger partial charge in [-0.15, -0.1) is 0 Å². The van der Waals surface area contributed by atoms with E-state index in [-0.39, 0.29) is 17.7 Å². The number of halogens is 1. The second-order valence-corrected chi connectivity index (χ2v) is 8.27. The van der Waals surface area contributed by atoms with Crippen molar-refractivity contribution >= 4 is 34.2 Å². The smallest absolute Gasteiger partial charge is 0.227 e. The van der Waals surface area contributed by atoms with Gasteiger partial charge in [0.05, 0.1) is 12.3 Å². The Morgan fingerprint density at radius 3 is 2.60 bits per heavy atom. The molecule has 0 radical (unpaired) electrons. The third kappa shape index (κ3) is 4.82. The number of carbonyl (C=O) groups is 2. The summed E-state index contributed by atoms with van der Waals surface area (Å²) in [5.41, 5.74) is 2.04. The number of nitrogens with one attached hydrogen (secondary N) is 1. The molecule has 0 bridgehead atoms. The molecule has 0 unspecified atom stereocenters. The summed E-state index contributed by atoms with van der Waals surface area (Å²) in [6, 6.07) is 21.6. The van der Waals surface area contributed by atoms with Crippen molar-refractivity contribution in [2.45, 2.75) is 25.8 Å². The number of hydrogen-bond acceptors (Lipinski definition) is 2. The van der Waals surface area contributed by atoms with Crippen LogP contribution in [0.3, 0.4) is 0 Å². The topological polar surface area (TPSA) is 49.4 Å². The highest BCUT2D eigenvalue weighted by Gasteiger charge is 2.28. The first-order chi connectivity index (χ1) is 14.6. The summed E-state index contributed by atoms with van der Waals surface area (Å²) < 4.78 is 0. The molecule has 1 aliphatic rings. The van der Waals surface area contributed by atoms with E-state index in [2.05, 4.69) is 23.5 Å². The number of carbonyl (C=O) groups excluding carboxylic acids is 2. The number of fused-ring (bicyclic) bond motifs is 1. The van der Waals surface area contributed by atoms with Gasteiger partial charge in [0.25, 0.3) is 0 Å². The Hall–Kier alpha value is -2.85. The van der Waals surface area contributed by atoms with Crippen molar-refractivity contribution < 1.29 is 9.59 Å². The van der Waals surface area contributed by atoms with Gasteiger partial charge < -0.3 is 10.2 Å². The van der Waals surface area contributed by atoms with Crippen LogP contribution in [0.4, 0.5) is 0 Å². The molecular formula is C25H25ClN2O2. The molecule has 3 aromatic rings. The second kappa shape index (κ2) is 9.31. The van der Waals surface area contributed by atoms with E-state index in [1.165, 1.54) is 0 Å². The molecule has 0 aromatic heterocycles. The van der Waals surface area contributed by atoms with Gasteiger partial charge in [-0.2, -0.15) is 0 Å². The van der Waals surface area contributed by atoms with Crippen LogP contribution in [0.2, 0.25) is 5.02 Å². The summed E-state index contributed by atoms with van der Waals surface area (Å²) in [7, 11) is 0. The first-order valence-corrected chi connectivity index (χ1v) is 10.7. The Kier molecular flexibility index (Phi) is 6.34. The van der Waals surface area contributed by atoms with Gasteiger partial charge in [-0.1, -0.05) is 66.2 Å². The quantitative estimate of drug-likeness (QED) is 0.656. The molecule has 1 saturated heterocycles. The minimum atomic E-state index is -0.164. The molecular weight excluding hydrogens is 396 g/mol. The zero-order chi connectivity index (χ0) is 20.9. The summed E-state index contributed by atoms with van der Waals surface area (Å²) in [6.45, 7) is 1.66. The molecule has 30 heavy (non-hydrogen) atoms. The fourth-order valence-electron chi connectivity index (χ4n) is 4.07. The van der Waals surface area contributed by atoms with E-state index in [1.54, 1.807) is 0 Å². The lowest BCUT2D eigenvalue weighted by Gasteiger charge is -2.32. The Morgan fingerprint density at radius 1 is 1.00 bits per heavy atom. The standard InChI is InChI=1S/C25H25ClN2O2/c26-22-12-10-18(11-13-22)16-27-25(30)21-8-4-14-28(17-21)24(29)15-20-7-3-6-19-5-1-2-9-23(19)20/h1-3,5-7,9-13,21H,4,8,14-17H2,(H,27,30)/t21-/m1/s1. The predicted molar refractivity (Wildman–Crippen MR) is 120 cm³/mol. The lowest BCUT2D eigenvalue weighted by Crippen LogP contribution is -2.45. The highest BCUT2D eigenvalue weighted by molar-refractivity contribution is 6.30. The van der Waals surface area contributed by atoms with Gasteiger partial charge in [0.1, 0.15) is 0 Å². The maximum Gasteiger partial charge on any atom is 0.227 e. The van der Waals surface area contributed by atoms with Gasteiger partial charge in [0.15, 0.2) is 0 Å². The van der Waals surface area contributed by atoms with E-state index in [4.69, 9.17) is 11.6 Å². The summed E-state index contributed by atoms with van der Waals surface area (Å²) in [5, 5.41) is 5.93. The first kappa shape index (κ1) is 20.4. The van der Waals surface area contributed by atoms with E-state index < -0.39 is 0 Å². The van der Waals surface area contributed by atoms with E-state index in [1.807, 2.05) is 53.4 Å². The molecule has 4 rings (SSSR count). The second-order valence-electron chi connectivity index (χ2n) is 7.84. The Labute approximate surface area is 181 Å². The summed E-state index contributed by atoms with van der Waals surface area (Å²) in [6.07, 6.45) is 2.02. The van der Waals surface area contributed by atoms with Crippen LogP contribution < -0.4 is 5.32 Å². The molecule has 3 aromatic carbocycles. The molecule has 1 N–H and O–H groups in total. The van der Waals surface area contributed by atoms with Crippen molar-refractivity contribution in [2.24, 2.45) is 5.92 Å². The van der Waals surface area contributed by atoms with Crippen LogP contribution in [-0.4, -0.2) is 29.8 Å². The van der Waals surface area contributed by atoms with Gasteiger partial charge in [0, 0.05) is 24.7 Å². The van der Waals surface area contributed by atoms with E-state index >= 15 is 0 Å². The van der Waals surface area contributed by atoms with Crippen molar-refractivity contribution in [3.8, 4) is 0 Å². The highest BCUT2D eigenvalue weighted by atomic mass is 35.5. The third-order valence-electron chi connectivity index (χ3n) is 5.75. The number of amides is 2. The number of rotatable bonds is 5. The zero-order valence-electron chi connectivity index (χ0n) is 16.8. The van der Waals surface area contributed by atoms with Crippen LogP contribution in [0.15, 0.2) is 66.7 Å². The Balaban J connectivity index is 1.36. The molecule has 154 valence electrons. The number of nitrogens with zero attached hydrogens (tertiary/aromatic N) is 1. The van der Waals surface area contributed by atoms with Crippen LogP contribution in [0.25, 0.3) is 10.8 Å². The van der Waals surface area contributed by atoms with Gasteiger partial charge in [0.2, 0.25) is 11.8 Å². The highest BCUT2D eigenvalue weighted by Crippen LogP contribution is 2.22. The molecule has 2 amide bonds. The lowest BCUT2D eigenvalue weighted by molar-refractivity contribution is -0.135. The molecule has 0 aliphatic carbocycles. The van der Waals surface area contributed by atoms with Crippen LogP contribution in [0.1, 0.15) is 24.0 Å². The largest absolute Gasteiger partial charge is 0.352 e. The van der Waals surface area contributed by atoms with Crippen molar-refractivity contribution in [3.05, 3.63) is 82.9 Å². The predicted octanol–water partition coefficient (Wildman–Crippen LogP) is 4.59. The molecule has 4 nitrogen and oxygen atoms in total. The molecule has 1 atom stereocenters. The fourth-order valence-corrected chi connectivity index (χ4v) is 4.20. The SMILES string of the molecule is O=C(NCc1ccc(Cl)cc1)[C@@H]1CCCN(C(=O)Cc2cccc3ccccc23)C1. The first-order valence-electron chi connectivity index (χ1n) is 10.4. The van der Waals surface area contributed by atoms with Crippen LogP contribution in [0.5, 0.6) is 0 Å². The van der Waals surface area contributed by atoms with E-state index in [0.29, 0.717) is 31.1 Å². The molecule has 0 saturated carbocycles. The zero-order valence-corrected chi connectivity index (χ0v) is 17.6. The summed E-state index contributed by atoms with van der Waals surface area (Å²) in [5.74, 6) is -0.0725. The van der Waals surface area contributed by atoms with Gasteiger partial charge >= 0.3 is 0 Å². The monoisotopic (exact) mass is 420 g/mol. The van der Waals surface area contributed by atoms with Crippen molar-refractivity contribution in [1.29, 1.82) is 0 Å². The van der Waals surface area contributed by atoms with Crippen LogP contribution in [0, 0.1) is 5.92 Å². The van der Waals surface area contributed by atoms with Crippen LogP contribution >= 0.6 is 11.6 Å². The Bertz CT molecular complexity index is 1040. The normalized spacial score (nSPS) is 16.4. The lowest BCUT2D eigenvalue weighted by atomic mass is 9.95. The van der Waals surface area contributed by atoms with Crippen LogP contribution in [-0.2, 0) is 22.6 Å². The molecule has 1 fully saturated rings. The van der Waals surface area contributed by atoms with E-state index in [9.17, 15) is 9.59 Å². The van der Waals surface area contributed by atoms with E-state index in [0.717, 1.165) is 34.7 Å². The molecule has 0 spiro atoms. The maximum atomic E-state index is 13.0. The van der Waals surface area contributed by atoms with Gasteiger partial charge in [-0.05, 0) is 46.9 Å². The summed E-state index contributed by atoms with van der Waals surface area (Å²) >= 11 is 5.91. The minimum absolute atomic E-state index is 0.00705. The average molecular weight is 421 g/mol. The molecule has 1 heterocycles. The third-order valence-corrected chi connectivity index (χ3v) is 6.00. The number of piperidine rings is 1. The van der Waals surface area contributed by atoms with Crippen molar-refractivity contribution in [3.63, 3.8) is 0 Å². The Morgan fingerprint density at radius 2 is 1.77 bits per heavy atom. The van der Waals surface area contributed by atoms with Gasteiger partial charge in [-0.3, -0.25) is 9.59 Å². The fraction of sp³-hybridized carbons (Fsp3) is 0.280. The van der Waals surface area contributed by atoms with Gasteiger partial charge in [-0.25, -0.2) is 0 Å². The van der Waals surface area contributed by atoms with Crippen molar-refractivity contribution in [2.75, 3.05) is 13.1 Å². The number of benzene rings is 3.